The molecule has 156 valence electrons. The molecule has 9 heteroatoms. The summed E-state index contributed by atoms with van der Waals surface area (Å²) in [6.45, 7) is 0. The fourth-order valence-electron chi connectivity index (χ4n) is 2.78. The second-order valence-corrected chi connectivity index (χ2v) is 7.31. The summed E-state index contributed by atoms with van der Waals surface area (Å²) in [5.74, 6) is 1.68. The lowest BCUT2D eigenvalue weighted by atomic mass is 10.2. The zero-order valence-corrected chi connectivity index (χ0v) is 17.6. The summed E-state index contributed by atoms with van der Waals surface area (Å²) < 4.78 is 11.3. The Labute approximate surface area is 188 Å². The molecule has 2 aromatic heterocycles. The lowest BCUT2D eigenvalue weighted by Crippen LogP contribution is -2.12. The Morgan fingerprint density at radius 3 is 2.77 bits per heavy atom. The maximum Gasteiger partial charge on any atom is 0.237 e. The number of aryl methyl sites for hydroxylation is 1. The van der Waals surface area contributed by atoms with E-state index in [1.54, 1.807) is 54.9 Å². The van der Waals surface area contributed by atoms with Crippen LogP contribution >= 0.6 is 23.2 Å². The van der Waals surface area contributed by atoms with E-state index in [1.165, 1.54) is 12.4 Å². The third-order valence-corrected chi connectivity index (χ3v) is 4.74. The number of hydrogen-bond donors (Lipinski definition) is 1. The monoisotopic (exact) mass is 454 g/mol. The molecule has 4 aromatic rings. The van der Waals surface area contributed by atoms with E-state index < -0.39 is 0 Å². The number of nitrogens with one attached hydrogen (secondary N) is 1. The predicted molar refractivity (Wildman–Crippen MR) is 117 cm³/mol. The van der Waals surface area contributed by atoms with Gasteiger partial charge in [0.05, 0.1) is 17.4 Å². The van der Waals surface area contributed by atoms with Crippen LogP contribution < -0.4 is 10.1 Å². The number of carbonyl (C=O) groups is 1. The van der Waals surface area contributed by atoms with Crippen LogP contribution in [0.5, 0.6) is 11.6 Å². The van der Waals surface area contributed by atoms with E-state index in [0.29, 0.717) is 51.0 Å². The molecule has 31 heavy (non-hydrogen) atoms. The molecule has 0 aliphatic carbocycles. The van der Waals surface area contributed by atoms with Gasteiger partial charge in [0, 0.05) is 47.6 Å². The minimum Gasteiger partial charge on any atom is -0.441 e. The van der Waals surface area contributed by atoms with Crippen molar-refractivity contribution >= 4 is 34.8 Å². The SMILES string of the molecule is O=C(CCc1ncc(-c2ccc(Cl)cc2Cl)o1)Nc1cccc(Oc2cnccn2)c1. The highest BCUT2D eigenvalue weighted by Gasteiger charge is 2.12. The number of aromatic nitrogens is 3. The molecule has 2 heterocycles. The van der Waals surface area contributed by atoms with Gasteiger partial charge in [0.2, 0.25) is 11.8 Å². The average Bonchev–Trinajstić information content (AvgIpc) is 3.22. The van der Waals surface area contributed by atoms with Crippen LogP contribution in [0.1, 0.15) is 12.3 Å². The largest absolute Gasteiger partial charge is 0.441 e. The first-order chi connectivity index (χ1) is 15.1. The van der Waals surface area contributed by atoms with Crippen molar-refractivity contribution < 1.29 is 13.9 Å². The van der Waals surface area contributed by atoms with Gasteiger partial charge in [0.15, 0.2) is 11.7 Å². The zero-order valence-electron chi connectivity index (χ0n) is 16.1. The quantitative estimate of drug-likeness (QED) is 0.379. The Kier molecular flexibility index (Phi) is 6.45. The van der Waals surface area contributed by atoms with E-state index in [0.717, 1.165) is 0 Å². The van der Waals surface area contributed by atoms with Crippen LogP contribution in [0.3, 0.4) is 0 Å². The first-order valence-corrected chi connectivity index (χ1v) is 10.1. The molecule has 0 aliphatic rings. The molecule has 0 unspecified atom stereocenters. The molecule has 0 spiro atoms. The Morgan fingerprint density at radius 2 is 1.97 bits per heavy atom. The van der Waals surface area contributed by atoms with Crippen LogP contribution in [0, 0.1) is 0 Å². The van der Waals surface area contributed by atoms with Crippen molar-refractivity contribution in [3.05, 3.63) is 83.2 Å². The molecule has 2 aromatic carbocycles. The lowest BCUT2D eigenvalue weighted by molar-refractivity contribution is -0.116. The molecule has 0 bridgehead atoms. The number of nitrogens with zero attached hydrogens (tertiary/aromatic N) is 3. The number of hydrogen-bond acceptors (Lipinski definition) is 6. The van der Waals surface area contributed by atoms with Crippen LogP contribution in [-0.4, -0.2) is 20.9 Å². The average molecular weight is 455 g/mol. The van der Waals surface area contributed by atoms with Crippen molar-refractivity contribution in [2.24, 2.45) is 0 Å². The normalized spacial score (nSPS) is 10.6. The number of halogens is 2. The summed E-state index contributed by atoms with van der Waals surface area (Å²) in [7, 11) is 0. The summed E-state index contributed by atoms with van der Waals surface area (Å²) in [5.41, 5.74) is 1.29. The molecule has 0 aliphatic heterocycles. The first-order valence-electron chi connectivity index (χ1n) is 9.31. The Hall–Kier alpha value is -3.42. The van der Waals surface area contributed by atoms with Crippen molar-refractivity contribution in [3.8, 4) is 23.0 Å². The van der Waals surface area contributed by atoms with E-state index in [-0.39, 0.29) is 12.3 Å². The molecular weight excluding hydrogens is 439 g/mol. The smallest absolute Gasteiger partial charge is 0.237 e. The Balaban J connectivity index is 1.34. The minimum absolute atomic E-state index is 0.180. The Bertz CT molecular complexity index is 1200. The van der Waals surface area contributed by atoms with Crippen molar-refractivity contribution in [1.29, 1.82) is 0 Å². The van der Waals surface area contributed by atoms with Crippen molar-refractivity contribution in [2.45, 2.75) is 12.8 Å². The highest BCUT2D eigenvalue weighted by Crippen LogP contribution is 2.31. The molecule has 7 nitrogen and oxygen atoms in total. The predicted octanol–water partition coefficient (Wildman–Crippen LogP) is 5.80. The number of rotatable bonds is 7. The minimum atomic E-state index is -0.180. The molecule has 4 rings (SSSR count). The van der Waals surface area contributed by atoms with E-state index in [1.807, 2.05) is 0 Å². The van der Waals surface area contributed by atoms with E-state index in [4.69, 9.17) is 32.4 Å². The Morgan fingerprint density at radius 1 is 1.06 bits per heavy atom. The van der Waals surface area contributed by atoms with Crippen molar-refractivity contribution in [1.82, 2.24) is 15.0 Å². The molecular formula is C22H16Cl2N4O3. The second-order valence-electron chi connectivity index (χ2n) is 6.46. The molecule has 1 N–H and O–H groups in total. The van der Waals surface area contributed by atoms with Gasteiger partial charge in [-0.15, -0.1) is 0 Å². The molecule has 0 atom stereocenters. The number of ether oxygens (including phenoxy) is 1. The van der Waals surface area contributed by atoms with Gasteiger partial charge < -0.3 is 14.5 Å². The first kappa shape index (κ1) is 20.8. The maximum absolute atomic E-state index is 12.3. The highest BCUT2D eigenvalue weighted by molar-refractivity contribution is 6.36. The fraction of sp³-hybridized carbons (Fsp3) is 0.0909. The third kappa shape index (κ3) is 5.59. The number of carbonyl (C=O) groups excluding carboxylic acids is 1. The summed E-state index contributed by atoms with van der Waals surface area (Å²) >= 11 is 12.1. The molecule has 0 radical (unpaired) electrons. The summed E-state index contributed by atoms with van der Waals surface area (Å²) in [6, 6.07) is 12.1. The van der Waals surface area contributed by atoms with Crippen LogP contribution in [0.2, 0.25) is 10.0 Å². The standard InChI is InChI=1S/C22H16Cl2N4O3/c23-14-4-5-17(18(24)10-14)19-12-27-21(31-19)7-6-20(29)28-15-2-1-3-16(11-15)30-22-13-25-8-9-26-22/h1-5,8-13H,6-7H2,(H,28,29). The van der Waals surface area contributed by atoms with Crippen LogP contribution in [-0.2, 0) is 11.2 Å². The highest BCUT2D eigenvalue weighted by atomic mass is 35.5. The number of amides is 1. The maximum atomic E-state index is 12.3. The zero-order chi connectivity index (χ0) is 21.6. The van der Waals surface area contributed by atoms with Gasteiger partial charge in [0.1, 0.15) is 5.75 Å². The molecule has 0 saturated carbocycles. The summed E-state index contributed by atoms with van der Waals surface area (Å²) in [5, 5.41) is 3.84. The molecule has 1 amide bonds. The van der Waals surface area contributed by atoms with Crippen LogP contribution in [0.15, 0.2) is 71.7 Å². The van der Waals surface area contributed by atoms with Crippen molar-refractivity contribution in [3.63, 3.8) is 0 Å². The van der Waals surface area contributed by atoms with E-state index in [9.17, 15) is 4.79 Å². The number of anilines is 1. The fourth-order valence-corrected chi connectivity index (χ4v) is 3.28. The molecule has 0 fully saturated rings. The third-order valence-electron chi connectivity index (χ3n) is 4.20. The van der Waals surface area contributed by atoms with Crippen molar-refractivity contribution in [2.75, 3.05) is 5.32 Å². The van der Waals surface area contributed by atoms with Gasteiger partial charge in [-0.05, 0) is 30.3 Å². The van der Waals surface area contributed by atoms with Gasteiger partial charge in [-0.25, -0.2) is 9.97 Å². The number of benzene rings is 2. The van der Waals surface area contributed by atoms with E-state index in [2.05, 4.69) is 20.3 Å². The van der Waals surface area contributed by atoms with Gasteiger partial charge in [-0.3, -0.25) is 9.78 Å². The van der Waals surface area contributed by atoms with Gasteiger partial charge >= 0.3 is 0 Å². The van der Waals surface area contributed by atoms with Gasteiger partial charge in [0.25, 0.3) is 0 Å². The van der Waals surface area contributed by atoms with Crippen LogP contribution in [0.4, 0.5) is 5.69 Å². The van der Waals surface area contributed by atoms with Gasteiger partial charge in [-0.1, -0.05) is 29.3 Å². The molecule has 0 saturated heterocycles. The lowest BCUT2D eigenvalue weighted by Gasteiger charge is -2.08. The summed E-state index contributed by atoms with van der Waals surface area (Å²) in [4.78, 5) is 24.6. The van der Waals surface area contributed by atoms with Gasteiger partial charge in [-0.2, -0.15) is 0 Å². The van der Waals surface area contributed by atoms with Crippen LogP contribution in [0.25, 0.3) is 11.3 Å². The number of oxazole rings is 1. The topological polar surface area (TPSA) is 90.1 Å². The summed E-state index contributed by atoms with van der Waals surface area (Å²) in [6.07, 6.45) is 6.72. The van der Waals surface area contributed by atoms with E-state index >= 15 is 0 Å². The second kappa shape index (κ2) is 9.59.